The van der Waals surface area contributed by atoms with E-state index in [4.69, 9.17) is 9.84 Å². The maximum atomic E-state index is 12.1. The normalized spacial score (nSPS) is 11.7. The number of hydrogen-bond acceptors (Lipinski definition) is 4. The highest BCUT2D eigenvalue weighted by atomic mass is 16.5. The largest absolute Gasteiger partial charge is 0.508 e. The molecule has 0 bridgehead atoms. The molecule has 0 aliphatic heterocycles. The monoisotopic (exact) mass is 322 g/mol. The minimum Gasteiger partial charge on any atom is -0.508 e. The highest BCUT2D eigenvalue weighted by molar-refractivity contribution is 5.89. The van der Waals surface area contributed by atoms with Gasteiger partial charge in [0.05, 0.1) is 12.0 Å². The van der Waals surface area contributed by atoms with Gasteiger partial charge >= 0.3 is 12.0 Å². The number of esters is 1. The standard InChI is InChI=1S/C17H26N2O4/c1-16(2,3)17(4,5)14(21)23-11-10-18-15(22)19-12-6-8-13(20)9-7-12/h6-9,20H,10-11H2,1-5H3,(H2,18,19,22). The summed E-state index contributed by atoms with van der Waals surface area (Å²) in [5.41, 5.74) is -0.263. The third kappa shape index (κ3) is 5.47. The van der Waals surface area contributed by atoms with Crippen LogP contribution in [0, 0.1) is 10.8 Å². The van der Waals surface area contributed by atoms with Crippen LogP contribution < -0.4 is 10.6 Å². The van der Waals surface area contributed by atoms with Crippen LogP contribution in [-0.2, 0) is 9.53 Å². The molecule has 0 saturated carbocycles. The predicted molar refractivity (Wildman–Crippen MR) is 89.3 cm³/mol. The Bertz CT molecular complexity index is 545. The first kappa shape index (κ1) is 18.8. The number of phenolic OH excluding ortho intramolecular Hbond substituents is 1. The molecular weight excluding hydrogens is 296 g/mol. The number of carbonyl (C=O) groups excluding carboxylic acids is 2. The van der Waals surface area contributed by atoms with Gasteiger partial charge in [-0.05, 0) is 43.5 Å². The molecule has 6 heteroatoms. The number of aromatic hydroxyl groups is 1. The molecule has 1 aromatic rings. The van der Waals surface area contributed by atoms with Crippen molar-refractivity contribution in [3.05, 3.63) is 24.3 Å². The van der Waals surface area contributed by atoms with Gasteiger partial charge in [-0.15, -0.1) is 0 Å². The number of benzene rings is 1. The maximum Gasteiger partial charge on any atom is 0.319 e. The lowest BCUT2D eigenvalue weighted by Gasteiger charge is -2.36. The van der Waals surface area contributed by atoms with Gasteiger partial charge in [-0.3, -0.25) is 4.79 Å². The molecule has 23 heavy (non-hydrogen) atoms. The maximum absolute atomic E-state index is 12.1. The number of nitrogens with one attached hydrogen (secondary N) is 2. The second-order valence-corrected chi connectivity index (χ2v) is 6.94. The second kappa shape index (κ2) is 7.35. The fourth-order valence-corrected chi connectivity index (χ4v) is 1.51. The molecule has 0 fully saturated rings. The molecule has 0 aliphatic carbocycles. The van der Waals surface area contributed by atoms with Crippen LogP contribution in [-0.4, -0.2) is 30.3 Å². The average molecular weight is 322 g/mol. The molecule has 6 nitrogen and oxygen atoms in total. The van der Waals surface area contributed by atoms with E-state index < -0.39 is 11.4 Å². The van der Waals surface area contributed by atoms with Crippen LogP contribution in [0.4, 0.5) is 10.5 Å². The molecule has 0 spiro atoms. The quantitative estimate of drug-likeness (QED) is 0.441. The average Bonchev–Trinajstić information content (AvgIpc) is 2.44. The molecular formula is C17H26N2O4. The van der Waals surface area contributed by atoms with E-state index in [9.17, 15) is 9.59 Å². The Hall–Kier alpha value is -2.24. The molecule has 128 valence electrons. The summed E-state index contributed by atoms with van der Waals surface area (Å²) in [5.74, 6) is -0.157. The van der Waals surface area contributed by atoms with E-state index in [1.807, 2.05) is 34.6 Å². The third-order valence-electron chi connectivity index (χ3n) is 4.13. The molecule has 0 radical (unpaired) electrons. The molecule has 2 amide bonds. The molecule has 1 rings (SSSR count). The Balaban J connectivity index is 2.33. The van der Waals surface area contributed by atoms with Crippen molar-refractivity contribution < 1.29 is 19.4 Å². The lowest BCUT2D eigenvalue weighted by Crippen LogP contribution is -2.40. The van der Waals surface area contributed by atoms with Crippen LogP contribution in [0.15, 0.2) is 24.3 Å². The number of carbonyl (C=O) groups is 2. The van der Waals surface area contributed by atoms with E-state index in [2.05, 4.69) is 10.6 Å². The van der Waals surface area contributed by atoms with Gasteiger partial charge in [0.25, 0.3) is 0 Å². The van der Waals surface area contributed by atoms with Crippen molar-refractivity contribution in [1.29, 1.82) is 0 Å². The van der Waals surface area contributed by atoms with Gasteiger partial charge in [-0.1, -0.05) is 20.8 Å². The minimum absolute atomic E-state index is 0.112. The van der Waals surface area contributed by atoms with Crippen molar-refractivity contribution in [2.45, 2.75) is 34.6 Å². The van der Waals surface area contributed by atoms with E-state index in [0.29, 0.717) is 5.69 Å². The van der Waals surface area contributed by atoms with Gasteiger partial charge in [0.1, 0.15) is 12.4 Å². The van der Waals surface area contributed by atoms with Gasteiger partial charge < -0.3 is 20.5 Å². The van der Waals surface area contributed by atoms with Gasteiger partial charge in [0.15, 0.2) is 0 Å². The summed E-state index contributed by atoms with van der Waals surface area (Å²) in [6.07, 6.45) is 0. The number of anilines is 1. The smallest absolute Gasteiger partial charge is 0.319 e. The third-order valence-corrected chi connectivity index (χ3v) is 4.13. The van der Waals surface area contributed by atoms with Crippen molar-refractivity contribution in [3.63, 3.8) is 0 Å². The van der Waals surface area contributed by atoms with E-state index in [1.54, 1.807) is 12.1 Å². The van der Waals surface area contributed by atoms with Crippen LogP contribution >= 0.6 is 0 Å². The van der Waals surface area contributed by atoms with E-state index in [1.165, 1.54) is 12.1 Å². The molecule has 0 aliphatic rings. The van der Waals surface area contributed by atoms with Crippen molar-refractivity contribution in [3.8, 4) is 5.75 Å². The minimum atomic E-state index is -0.610. The van der Waals surface area contributed by atoms with Gasteiger partial charge in [-0.25, -0.2) is 4.79 Å². The number of amides is 2. The number of rotatable bonds is 5. The van der Waals surface area contributed by atoms with Crippen molar-refractivity contribution in [2.75, 3.05) is 18.5 Å². The number of urea groups is 1. The molecule has 3 N–H and O–H groups in total. The van der Waals surface area contributed by atoms with Gasteiger partial charge in [0.2, 0.25) is 0 Å². The van der Waals surface area contributed by atoms with Crippen molar-refractivity contribution in [2.24, 2.45) is 10.8 Å². The van der Waals surface area contributed by atoms with Crippen LogP contribution in [0.2, 0.25) is 0 Å². The van der Waals surface area contributed by atoms with Gasteiger partial charge in [0, 0.05) is 5.69 Å². The molecule has 0 atom stereocenters. The van der Waals surface area contributed by atoms with Crippen LogP contribution in [0.25, 0.3) is 0 Å². The van der Waals surface area contributed by atoms with Crippen molar-refractivity contribution in [1.82, 2.24) is 5.32 Å². The topological polar surface area (TPSA) is 87.7 Å². The van der Waals surface area contributed by atoms with Crippen LogP contribution in [0.3, 0.4) is 0 Å². The van der Waals surface area contributed by atoms with E-state index >= 15 is 0 Å². The summed E-state index contributed by atoms with van der Waals surface area (Å²) in [7, 11) is 0. The molecule has 0 unspecified atom stereocenters. The first-order valence-electron chi connectivity index (χ1n) is 7.55. The van der Waals surface area contributed by atoms with E-state index in [-0.39, 0.29) is 30.3 Å². The molecule has 0 saturated heterocycles. The van der Waals surface area contributed by atoms with Gasteiger partial charge in [-0.2, -0.15) is 0 Å². The predicted octanol–water partition coefficient (Wildman–Crippen LogP) is 3.13. The number of hydrogen-bond donors (Lipinski definition) is 3. The Morgan fingerprint density at radius 2 is 1.65 bits per heavy atom. The summed E-state index contributed by atoms with van der Waals surface area (Å²) < 4.78 is 5.24. The highest BCUT2D eigenvalue weighted by Crippen LogP contribution is 2.38. The summed E-state index contributed by atoms with van der Waals surface area (Å²) in [5, 5.41) is 14.4. The lowest BCUT2D eigenvalue weighted by atomic mass is 9.69. The summed E-state index contributed by atoms with van der Waals surface area (Å²) in [4.78, 5) is 23.8. The Labute approximate surface area is 137 Å². The zero-order valence-electron chi connectivity index (χ0n) is 14.4. The SMILES string of the molecule is CC(C)(C)C(C)(C)C(=O)OCCNC(=O)Nc1ccc(O)cc1. The van der Waals surface area contributed by atoms with Crippen LogP contribution in [0.1, 0.15) is 34.6 Å². The first-order valence-corrected chi connectivity index (χ1v) is 7.55. The lowest BCUT2D eigenvalue weighted by molar-refractivity contribution is -0.160. The highest BCUT2D eigenvalue weighted by Gasteiger charge is 2.41. The zero-order chi connectivity index (χ0) is 17.7. The second-order valence-electron chi connectivity index (χ2n) is 6.94. The van der Waals surface area contributed by atoms with Crippen molar-refractivity contribution >= 4 is 17.7 Å². The fourth-order valence-electron chi connectivity index (χ4n) is 1.51. The Morgan fingerprint density at radius 3 is 2.17 bits per heavy atom. The first-order chi connectivity index (χ1) is 10.5. The molecule has 0 aromatic heterocycles. The summed E-state index contributed by atoms with van der Waals surface area (Å²) >= 11 is 0. The summed E-state index contributed by atoms with van der Waals surface area (Å²) in [6.45, 7) is 9.98. The summed E-state index contributed by atoms with van der Waals surface area (Å²) in [6, 6.07) is 5.72. The zero-order valence-corrected chi connectivity index (χ0v) is 14.4. The molecule has 0 heterocycles. The number of ether oxygens (including phenoxy) is 1. The number of phenols is 1. The Morgan fingerprint density at radius 1 is 1.09 bits per heavy atom. The fraction of sp³-hybridized carbons (Fsp3) is 0.529. The Kier molecular flexibility index (Phi) is 6.01. The molecule has 1 aromatic carbocycles. The van der Waals surface area contributed by atoms with E-state index in [0.717, 1.165) is 0 Å². The van der Waals surface area contributed by atoms with Crippen LogP contribution in [0.5, 0.6) is 5.75 Å².